The summed E-state index contributed by atoms with van der Waals surface area (Å²) < 4.78 is 5.12. The highest BCUT2D eigenvalue weighted by atomic mass is 16.5. The van der Waals surface area contributed by atoms with E-state index in [1.165, 1.54) is 5.56 Å². The lowest BCUT2D eigenvalue weighted by Gasteiger charge is -2.31. The molecule has 0 saturated carbocycles. The lowest BCUT2D eigenvalue weighted by molar-refractivity contribution is 0.0663. The predicted octanol–water partition coefficient (Wildman–Crippen LogP) is 3.19. The number of nitrogens with one attached hydrogen (secondary N) is 1. The molecule has 0 aliphatic carbocycles. The first-order chi connectivity index (χ1) is 11.6. The maximum Gasteiger partial charge on any atom is 0.292 e. The molecule has 1 fully saturated rings. The molecule has 0 unspecified atom stereocenters. The molecule has 2 aromatic heterocycles. The number of likely N-dealkylation sites (tertiary alicyclic amines) is 1. The number of aryl methyl sites for hydroxylation is 2. The molecular weight excluding hydrogens is 304 g/mol. The zero-order valence-corrected chi connectivity index (χ0v) is 13.9. The van der Waals surface area contributed by atoms with E-state index in [0.717, 1.165) is 41.9 Å². The smallest absolute Gasteiger partial charge is 0.292 e. The number of hydrogen-bond acceptors (Lipinski definition) is 4. The molecular formula is C18H20N4O2. The van der Waals surface area contributed by atoms with Crippen molar-refractivity contribution >= 4 is 16.9 Å². The maximum absolute atomic E-state index is 12.6. The third kappa shape index (κ3) is 2.68. The van der Waals surface area contributed by atoms with Crippen LogP contribution in [0.4, 0.5) is 0 Å². The summed E-state index contributed by atoms with van der Waals surface area (Å²) in [5.41, 5.74) is 3.96. The Bertz CT molecular complexity index is 895. The Morgan fingerprint density at radius 3 is 3.00 bits per heavy atom. The highest BCUT2D eigenvalue weighted by Gasteiger charge is 2.29. The topological polar surface area (TPSA) is 75.0 Å². The van der Waals surface area contributed by atoms with Crippen molar-refractivity contribution in [3.63, 3.8) is 0 Å². The maximum atomic E-state index is 12.6. The van der Waals surface area contributed by atoms with Gasteiger partial charge in [-0.15, -0.1) is 0 Å². The van der Waals surface area contributed by atoms with Gasteiger partial charge in [-0.3, -0.25) is 4.79 Å². The summed E-state index contributed by atoms with van der Waals surface area (Å²) in [5.74, 6) is 1.40. The van der Waals surface area contributed by atoms with Crippen molar-refractivity contribution < 1.29 is 9.32 Å². The average Bonchev–Trinajstić information content (AvgIpc) is 3.20. The largest absolute Gasteiger partial charge is 0.351 e. The first kappa shape index (κ1) is 14.9. The van der Waals surface area contributed by atoms with Gasteiger partial charge in [-0.05, 0) is 44.4 Å². The Balaban J connectivity index is 1.56. The van der Waals surface area contributed by atoms with E-state index >= 15 is 0 Å². The number of carbonyl (C=O) groups excluding carboxylic acids is 1. The van der Waals surface area contributed by atoms with Crippen LogP contribution in [0.3, 0.4) is 0 Å². The first-order valence-electron chi connectivity index (χ1n) is 8.29. The number of H-pyrrole nitrogens is 1. The van der Waals surface area contributed by atoms with Crippen LogP contribution < -0.4 is 0 Å². The van der Waals surface area contributed by atoms with Crippen molar-refractivity contribution in [3.8, 4) is 0 Å². The highest BCUT2D eigenvalue weighted by molar-refractivity contribution is 5.91. The van der Waals surface area contributed by atoms with Gasteiger partial charge in [-0.2, -0.15) is 0 Å². The van der Waals surface area contributed by atoms with E-state index in [9.17, 15) is 4.79 Å². The molecule has 0 bridgehead atoms. The van der Waals surface area contributed by atoms with Gasteiger partial charge in [0.15, 0.2) is 0 Å². The molecule has 3 aromatic rings. The number of imidazole rings is 1. The fourth-order valence-corrected chi connectivity index (χ4v) is 3.34. The van der Waals surface area contributed by atoms with E-state index in [2.05, 4.69) is 29.2 Å². The Kier molecular flexibility index (Phi) is 3.59. The van der Waals surface area contributed by atoms with Crippen LogP contribution in [0.1, 0.15) is 46.4 Å². The molecule has 6 nitrogen and oxygen atoms in total. The summed E-state index contributed by atoms with van der Waals surface area (Å²) in [6.45, 7) is 5.28. The van der Waals surface area contributed by atoms with E-state index in [0.29, 0.717) is 12.3 Å². The minimum atomic E-state index is -0.0905. The zero-order chi connectivity index (χ0) is 16.7. The summed E-state index contributed by atoms with van der Waals surface area (Å²) in [7, 11) is 0. The Morgan fingerprint density at radius 1 is 1.33 bits per heavy atom. The molecule has 1 amide bonds. The van der Waals surface area contributed by atoms with Gasteiger partial charge in [-0.1, -0.05) is 11.2 Å². The van der Waals surface area contributed by atoms with Gasteiger partial charge >= 0.3 is 0 Å². The first-order valence-corrected chi connectivity index (χ1v) is 8.29. The molecule has 1 atom stereocenters. The third-order valence-electron chi connectivity index (χ3n) is 4.59. The molecule has 0 radical (unpaired) electrons. The molecule has 6 heteroatoms. The molecule has 1 N–H and O–H groups in total. The summed E-state index contributed by atoms with van der Waals surface area (Å²) in [6, 6.07) is 7.90. The van der Waals surface area contributed by atoms with Gasteiger partial charge < -0.3 is 14.4 Å². The number of nitrogens with zero attached hydrogens (tertiary/aromatic N) is 3. The Morgan fingerprint density at radius 2 is 2.21 bits per heavy atom. The van der Waals surface area contributed by atoms with Crippen molar-refractivity contribution in [1.82, 2.24) is 20.0 Å². The second kappa shape index (κ2) is 5.78. The molecule has 1 aliphatic heterocycles. The predicted molar refractivity (Wildman–Crippen MR) is 89.9 cm³/mol. The molecule has 1 saturated heterocycles. The van der Waals surface area contributed by atoms with Crippen molar-refractivity contribution in [2.75, 3.05) is 13.1 Å². The van der Waals surface area contributed by atoms with Crippen LogP contribution in [-0.2, 0) is 0 Å². The normalized spacial score (nSPS) is 18.2. The van der Waals surface area contributed by atoms with Crippen LogP contribution >= 0.6 is 0 Å². The SMILES string of the molecule is Cc1ccc2nc([C@H]3CCCN(C(=O)c4cc(C)no4)C3)[nH]c2c1. The lowest BCUT2D eigenvalue weighted by Crippen LogP contribution is -2.39. The lowest BCUT2D eigenvalue weighted by atomic mass is 9.97. The average molecular weight is 324 g/mol. The minimum absolute atomic E-state index is 0.0905. The zero-order valence-electron chi connectivity index (χ0n) is 13.9. The van der Waals surface area contributed by atoms with Crippen molar-refractivity contribution in [2.45, 2.75) is 32.6 Å². The van der Waals surface area contributed by atoms with Crippen LogP contribution in [-0.4, -0.2) is 39.0 Å². The van der Waals surface area contributed by atoms with E-state index in [1.807, 2.05) is 17.9 Å². The molecule has 1 aliphatic rings. The number of rotatable bonds is 2. The molecule has 3 heterocycles. The number of hydrogen-bond donors (Lipinski definition) is 1. The molecule has 1 aromatic carbocycles. The van der Waals surface area contributed by atoms with E-state index in [-0.39, 0.29) is 11.8 Å². The number of aromatic nitrogens is 3. The van der Waals surface area contributed by atoms with Crippen molar-refractivity contribution in [2.24, 2.45) is 0 Å². The fourth-order valence-electron chi connectivity index (χ4n) is 3.34. The Labute approximate surface area is 139 Å². The van der Waals surface area contributed by atoms with Crippen molar-refractivity contribution in [3.05, 3.63) is 47.1 Å². The van der Waals surface area contributed by atoms with Gasteiger partial charge in [0.2, 0.25) is 5.76 Å². The molecule has 4 rings (SSSR count). The van der Waals surface area contributed by atoms with Crippen LogP contribution in [0.25, 0.3) is 11.0 Å². The summed E-state index contributed by atoms with van der Waals surface area (Å²) >= 11 is 0. The van der Waals surface area contributed by atoms with Crippen LogP contribution in [0.5, 0.6) is 0 Å². The Hall–Kier alpha value is -2.63. The number of carbonyl (C=O) groups is 1. The number of aromatic amines is 1. The monoisotopic (exact) mass is 324 g/mol. The summed E-state index contributed by atoms with van der Waals surface area (Å²) in [4.78, 5) is 22.6. The van der Waals surface area contributed by atoms with Gasteiger partial charge in [0, 0.05) is 25.1 Å². The van der Waals surface area contributed by atoms with Crippen molar-refractivity contribution in [1.29, 1.82) is 0 Å². The fraction of sp³-hybridized carbons (Fsp3) is 0.389. The minimum Gasteiger partial charge on any atom is -0.351 e. The summed E-state index contributed by atoms with van der Waals surface area (Å²) in [6.07, 6.45) is 1.98. The number of amides is 1. The van der Waals surface area contributed by atoms with Gasteiger partial charge in [0.25, 0.3) is 5.91 Å². The number of benzene rings is 1. The quantitative estimate of drug-likeness (QED) is 0.785. The molecule has 24 heavy (non-hydrogen) atoms. The number of piperidine rings is 1. The highest BCUT2D eigenvalue weighted by Crippen LogP contribution is 2.28. The molecule has 0 spiro atoms. The van der Waals surface area contributed by atoms with Gasteiger partial charge in [-0.25, -0.2) is 4.98 Å². The standard InChI is InChI=1S/C18H20N4O2/c1-11-5-6-14-15(8-11)20-17(19-14)13-4-3-7-22(10-13)18(23)16-9-12(2)21-24-16/h5-6,8-9,13H,3-4,7,10H2,1-2H3,(H,19,20)/t13-/m0/s1. The number of fused-ring (bicyclic) bond motifs is 1. The molecule has 124 valence electrons. The third-order valence-corrected chi connectivity index (χ3v) is 4.59. The van der Waals surface area contributed by atoms with Gasteiger partial charge in [0.1, 0.15) is 5.82 Å². The second-order valence-corrected chi connectivity index (χ2v) is 6.57. The van der Waals surface area contributed by atoms with Crippen LogP contribution in [0, 0.1) is 13.8 Å². The van der Waals surface area contributed by atoms with E-state index in [4.69, 9.17) is 9.51 Å². The van der Waals surface area contributed by atoms with Crippen LogP contribution in [0.2, 0.25) is 0 Å². The second-order valence-electron chi connectivity index (χ2n) is 6.57. The van der Waals surface area contributed by atoms with Gasteiger partial charge in [0.05, 0.1) is 16.7 Å². The summed E-state index contributed by atoms with van der Waals surface area (Å²) in [5, 5.41) is 3.81. The van der Waals surface area contributed by atoms with E-state index in [1.54, 1.807) is 6.07 Å². The van der Waals surface area contributed by atoms with Crippen LogP contribution in [0.15, 0.2) is 28.8 Å². The van der Waals surface area contributed by atoms with E-state index < -0.39 is 0 Å².